The number of carbonyl (C=O) groups is 1. The molecule has 4 nitrogen and oxygen atoms in total. The molecule has 6 heteroatoms. The Labute approximate surface area is 116 Å². The van der Waals surface area contributed by atoms with Gasteiger partial charge in [-0.05, 0) is 32.8 Å². The molecule has 3 N–H and O–H groups in total. The maximum absolute atomic E-state index is 13.7. The Hall–Kier alpha value is -1.69. The topological polar surface area (TPSA) is 58.4 Å². The summed E-state index contributed by atoms with van der Waals surface area (Å²) < 4.78 is 26.8. The zero-order valence-corrected chi connectivity index (χ0v) is 11.6. The molecule has 2 unspecified atom stereocenters. The van der Waals surface area contributed by atoms with Gasteiger partial charge >= 0.3 is 0 Å². The highest BCUT2D eigenvalue weighted by molar-refractivity contribution is 5.95. The smallest absolute Gasteiger partial charge is 0.268 e. The number of anilines is 1. The number of nitrogens with one attached hydrogen (secondary N) is 1. The van der Waals surface area contributed by atoms with Crippen molar-refractivity contribution in [2.75, 3.05) is 5.73 Å². The fourth-order valence-corrected chi connectivity index (χ4v) is 2.56. The summed E-state index contributed by atoms with van der Waals surface area (Å²) >= 11 is 0. The molecule has 0 aliphatic carbocycles. The molecule has 1 amide bonds. The number of halogens is 2. The molecule has 1 heterocycles. The molecule has 1 saturated heterocycles. The lowest BCUT2D eigenvalue weighted by atomic mass is 10.00. The normalized spacial score (nSPS) is 23.6. The second-order valence-corrected chi connectivity index (χ2v) is 5.33. The lowest BCUT2D eigenvalue weighted by molar-refractivity contribution is 0.0367. The van der Waals surface area contributed by atoms with Gasteiger partial charge in [0.25, 0.3) is 5.91 Å². The molecule has 0 spiro atoms. The standard InChI is InChI=1S/C14H19F2N3O/c1-8-4-3-5-9(2)19(8)18-14(20)10-6-13(17)12(16)7-11(10)15/h6-9H,3-5,17H2,1-2H3,(H,18,20). The van der Waals surface area contributed by atoms with Crippen molar-refractivity contribution >= 4 is 11.6 Å². The molecule has 1 fully saturated rings. The molecule has 1 aliphatic rings. The van der Waals surface area contributed by atoms with Gasteiger partial charge in [0.2, 0.25) is 0 Å². The van der Waals surface area contributed by atoms with Crippen molar-refractivity contribution in [1.29, 1.82) is 0 Å². The van der Waals surface area contributed by atoms with Crippen LogP contribution in [0, 0.1) is 11.6 Å². The van der Waals surface area contributed by atoms with E-state index in [-0.39, 0.29) is 23.3 Å². The SMILES string of the molecule is CC1CCCC(C)N1NC(=O)c1cc(N)c(F)cc1F. The number of rotatable bonds is 2. The van der Waals surface area contributed by atoms with E-state index in [2.05, 4.69) is 5.43 Å². The van der Waals surface area contributed by atoms with E-state index in [0.29, 0.717) is 6.07 Å². The highest BCUT2D eigenvalue weighted by Gasteiger charge is 2.27. The number of hydrazine groups is 1. The molecule has 2 rings (SSSR count). The Balaban J connectivity index is 2.17. The summed E-state index contributed by atoms with van der Waals surface area (Å²) in [6.45, 7) is 4.01. The van der Waals surface area contributed by atoms with Crippen LogP contribution < -0.4 is 11.2 Å². The van der Waals surface area contributed by atoms with Gasteiger partial charge in [0.15, 0.2) is 0 Å². The van der Waals surface area contributed by atoms with Crippen LogP contribution in [0.2, 0.25) is 0 Å². The van der Waals surface area contributed by atoms with Crippen LogP contribution in [0.15, 0.2) is 12.1 Å². The van der Waals surface area contributed by atoms with Crippen LogP contribution in [0.4, 0.5) is 14.5 Å². The van der Waals surface area contributed by atoms with Gasteiger partial charge in [0.05, 0.1) is 11.3 Å². The van der Waals surface area contributed by atoms with Crippen LogP contribution in [-0.4, -0.2) is 23.0 Å². The molecule has 0 radical (unpaired) electrons. The molecule has 20 heavy (non-hydrogen) atoms. The third kappa shape index (κ3) is 2.90. The highest BCUT2D eigenvalue weighted by atomic mass is 19.1. The van der Waals surface area contributed by atoms with Crippen LogP contribution in [0.5, 0.6) is 0 Å². The Bertz CT molecular complexity index is 511. The van der Waals surface area contributed by atoms with E-state index >= 15 is 0 Å². The first-order valence-corrected chi connectivity index (χ1v) is 6.74. The second-order valence-electron chi connectivity index (χ2n) is 5.33. The monoisotopic (exact) mass is 283 g/mol. The third-order valence-electron chi connectivity index (χ3n) is 3.76. The maximum atomic E-state index is 13.7. The van der Waals surface area contributed by atoms with Crippen LogP contribution in [-0.2, 0) is 0 Å². The van der Waals surface area contributed by atoms with Crippen molar-refractivity contribution in [3.63, 3.8) is 0 Å². The van der Waals surface area contributed by atoms with Crippen molar-refractivity contribution in [1.82, 2.24) is 10.4 Å². The average molecular weight is 283 g/mol. The predicted molar refractivity (Wildman–Crippen MR) is 72.9 cm³/mol. The summed E-state index contributed by atoms with van der Waals surface area (Å²) in [5, 5.41) is 1.82. The third-order valence-corrected chi connectivity index (χ3v) is 3.76. The summed E-state index contributed by atoms with van der Waals surface area (Å²) in [5.74, 6) is -2.37. The number of amides is 1. The van der Waals surface area contributed by atoms with Crippen molar-refractivity contribution in [3.05, 3.63) is 29.3 Å². The Morgan fingerprint density at radius 2 is 1.85 bits per heavy atom. The summed E-state index contributed by atoms with van der Waals surface area (Å²) in [5.41, 5.74) is 7.60. The molecule has 0 saturated carbocycles. The van der Waals surface area contributed by atoms with Gasteiger partial charge in [-0.3, -0.25) is 10.2 Å². The summed E-state index contributed by atoms with van der Waals surface area (Å²) in [6.07, 6.45) is 3.05. The zero-order valence-electron chi connectivity index (χ0n) is 11.6. The second kappa shape index (κ2) is 5.75. The summed E-state index contributed by atoms with van der Waals surface area (Å²) in [7, 11) is 0. The minimum atomic E-state index is -0.911. The minimum absolute atomic E-state index is 0.184. The molecular weight excluding hydrogens is 264 g/mol. The molecule has 1 aromatic rings. The van der Waals surface area contributed by atoms with Gasteiger partial charge in [0, 0.05) is 18.2 Å². The van der Waals surface area contributed by atoms with Gasteiger partial charge in [-0.15, -0.1) is 0 Å². The number of carbonyl (C=O) groups excluding carboxylic acids is 1. The molecular formula is C14H19F2N3O. The van der Waals surface area contributed by atoms with Gasteiger partial charge in [0.1, 0.15) is 11.6 Å². The van der Waals surface area contributed by atoms with Crippen molar-refractivity contribution in [3.8, 4) is 0 Å². The molecule has 2 atom stereocenters. The first-order valence-electron chi connectivity index (χ1n) is 6.74. The number of nitrogens with two attached hydrogens (primary N) is 1. The number of hydrogen-bond donors (Lipinski definition) is 2. The van der Waals surface area contributed by atoms with Crippen molar-refractivity contribution in [2.45, 2.75) is 45.2 Å². The zero-order chi connectivity index (χ0) is 14.9. The number of benzene rings is 1. The fourth-order valence-electron chi connectivity index (χ4n) is 2.56. The molecule has 0 aromatic heterocycles. The predicted octanol–water partition coefficient (Wildman–Crippen LogP) is 2.45. The van der Waals surface area contributed by atoms with Crippen molar-refractivity contribution in [2.24, 2.45) is 0 Å². The molecule has 110 valence electrons. The number of nitrogen functional groups attached to an aromatic ring is 1. The van der Waals surface area contributed by atoms with Gasteiger partial charge in [-0.1, -0.05) is 6.42 Å². The maximum Gasteiger partial charge on any atom is 0.268 e. The largest absolute Gasteiger partial charge is 0.396 e. The van der Waals surface area contributed by atoms with Crippen LogP contribution >= 0.6 is 0 Å². The first kappa shape index (κ1) is 14.7. The lowest BCUT2D eigenvalue weighted by Gasteiger charge is -2.38. The van der Waals surface area contributed by atoms with Crippen LogP contribution in [0.3, 0.4) is 0 Å². The van der Waals surface area contributed by atoms with Gasteiger partial charge in [-0.25, -0.2) is 13.8 Å². The first-order chi connectivity index (χ1) is 9.40. The van der Waals surface area contributed by atoms with E-state index in [0.717, 1.165) is 25.3 Å². The van der Waals surface area contributed by atoms with E-state index in [4.69, 9.17) is 5.73 Å². The number of nitrogens with zero attached hydrogens (tertiary/aromatic N) is 1. The van der Waals surface area contributed by atoms with Crippen LogP contribution in [0.1, 0.15) is 43.5 Å². The Morgan fingerprint density at radius 1 is 1.25 bits per heavy atom. The Morgan fingerprint density at radius 3 is 2.45 bits per heavy atom. The quantitative estimate of drug-likeness (QED) is 0.820. The average Bonchev–Trinajstić information content (AvgIpc) is 2.38. The van der Waals surface area contributed by atoms with Gasteiger partial charge in [-0.2, -0.15) is 0 Å². The fraction of sp³-hybridized carbons (Fsp3) is 0.500. The lowest BCUT2D eigenvalue weighted by Crippen LogP contribution is -2.54. The molecule has 1 aliphatic heterocycles. The summed E-state index contributed by atoms with van der Waals surface area (Å²) in [6, 6.07) is 2.03. The van der Waals surface area contributed by atoms with E-state index in [1.165, 1.54) is 0 Å². The van der Waals surface area contributed by atoms with E-state index in [1.807, 2.05) is 18.9 Å². The van der Waals surface area contributed by atoms with Crippen molar-refractivity contribution < 1.29 is 13.6 Å². The molecule has 0 bridgehead atoms. The van der Waals surface area contributed by atoms with E-state index < -0.39 is 17.5 Å². The Kier molecular flexibility index (Phi) is 4.23. The highest BCUT2D eigenvalue weighted by Crippen LogP contribution is 2.21. The number of piperidine rings is 1. The number of hydrogen-bond acceptors (Lipinski definition) is 3. The van der Waals surface area contributed by atoms with Crippen LogP contribution in [0.25, 0.3) is 0 Å². The van der Waals surface area contributed by atoms with E-state index in [1.54, 1.807) is 0 Å². The molecule has 1 aromatic carbocycles. The van der Waals surface area contributed by atoms with Gasteiger partial charge < -0.3 is 5.73 Å². The summed E-state index contributed by atoms with van der Waals surface area (Å²) in [4.78, 5) is 12.1. The van der Waals surface area contributed by atoms with E-state index in [9.17, 15) is 13.6 Å². The minimum Gasteiger partial charge on any atom is -0.396 e.